The number of carbonyl (C=O) groups is 1. The summed E-state index contributed by atoms with van der Waals surface area (Å²) in [4.78, 5) is 10.4. The molecule has 0 amide bonds. The van der Waals surface area contributed by atoms with Crippen LogP contribution in [0.5, 0.6) is 0 Å². The molecule has 17 heavy (non-hydrogen) atoms. The SMILES string of the molecule is C=CS(=O)(=O)OS(=O)(=O)CCC=C(C)C(=O)O. The number of allylic oxidation sites excluding steroid dienone is 1. The van der Waals surface area contributed by atoms with Gasteiger partial charge in [-0.2, -0.15) is 16.8 Å². The molecular weight excluding hydrogens is 272 g/mol. The van der Waals surface area contributed by atoms with Gasteiger partial charge in [0.1, 0.15) is 0 Å². The lowest BCUT2D eigenvalue weighted by molar-refractivity contribution is -0.132. The van der Waals surface area contributed by atoms with Crippen LogP contribution in [-0.2, 0) is 28.7 Å². The summed E-state index contributed by atoms with van der Waals surface area (Å²) < 4.78 is 47.7. The smallest absolute Gasteiger partial charge is 0.330 e. The molecule has 0 saturated carbocycles. The van der Waals surface area contributed by atoms with Gasteiger partial charge in [0.15, 0.2) is 0 Å². The molecule has 0 unspecified atom stereocenters. The van der Waals surface area contributed by atoms with Gasteiger partial charge < -0.3 is 5.11 Å². The molecule has 7 nitrogen and oxygen atoms in total. The van der Waals surface area contributed by atoms with Gasteiger partial charge in [-0.1, -0.05) is 12.7 Å². The van der Waals surface area contributed by atoms with Crippen LogP contribution in [0.1, 0.15) is 13.3 Å². The molecule has 0 aromatic rings. The first kappa shape index (κ1) is 15.8. The van der Waals surface area contributed by atoms with E-state index in [1.54, 1.807) is 0 Å². The zero-order chi connectivity index (χ0) is 13.7. The molecule has 1 N–H and O–H groups in total. The van der Waals surface area contributed by atoms with Crippen molar-refractivity contribution in [2.45, 2.75) is 13.3 Å². The molecular formula is C8H12O7S2. The molecule has 0 bridgehead atoms. The van der Waals surface area contributed by atoms with Crippen LogP contribution in [0.4, 0.5) is 0 Å². The maximum absolute atomic E-state index is 11.1. The molecule has 0 saturated heterocycles. The largest absolute Gasteiger partial charge is 0.478 e. The standard InChI is InChI=1S/C8H12O7S2/c1-3-16(11,12)15-17(13,14)6-4-5-7(2)8(9)10/h3,5H,1,4,6H2,2H3,(H,9,10). The molecule has 98 valence electrons. The molecule has 0 aromatic carbocycles. The van der Waals surface area contributed by atoms with Gasteiger partial charge in [0.2, 0.25) is 0 Å². The highest BCUT2D eigenvalue weighted by Gasteiger charge is 2.19. The first-order valence-electron chi connectivity index (χ1n) is 4.31. The van der Waals surface area contributed by atoms with E-state index < -0.39 is 32.0 Å². The van der Waals surface area contributed by atoms with Gasteiger partial charge in [0, 0.05) is 5.57 Å². The van der Waals surface area contributed by atoms with E-state index in [-0.39, 0.29) is 12.0 Å². The van der Waals surface area contributed by atoms with Gasteiger partial charge >= 0.3 is 16.1 Å². The Morgan fingerprint density at radius 1 is 1.35 bits per heavy atom. The minimum atomic E-state index is -4.31. The van der Waals surface area contributed by atoms with Crippen molar-refractivity contribution in [3.05, 3.63) is 23.6 Å². The van der Waals surface area contributed by atoms with Crippen molar-refractivity contribution in [1.82, 2.24) is 0 Å². The molecule has 0 spiro atoms. The zero-order valence-electron chi connectivity index (χ0n) is 8.99. The Labute approximate surface area is 99.7 Å². The average molecular weight is 284 g/mol. The molecule has 9 heteroatoms. The van der Waals surface area contributed by atoms with Crippen LogP contribution < -0.4 is 0 Å². The van der Waals surface area contributed by atoms with Gasteiger partial charge in [0.05, 0.1) is 11.2 Å². The van der Waals surface area contributed by atoms with E-state index in [1.165, 1.54) is 6.92 Å². The van der Waals surface area contributed by atoms with Crippen LogP contribution >= 0.6 is 0 Å². The molecule has 0 aliphatic rings. The van der Waals surface area contributed by atoms with Crippen LogP contribution in [0, 0.1) is 0 Å². The molecule has 0 aliphatic heterocycles. The highest BCUT2D eigenvalue weighted by Crippen LogP contribution is 2.06. The fourth-order valence-electron chi connectivity index (χ4n) is 0.713. The number of carboxylic acid groups (broad SMARTS) is 1. The Hall–Kier alpha value is -1.19. The number of carboxylic acids is 1. The zero-order valence-corrected chi connectivity index (χ0v) is 10.6. The Kier molecular flexibility index (Phi) is 5.52. The Morgan fingerprint density at radius 3 is 2.29 bits per heavy atom. The third-order valence-corrected chi connectivity index (χ3v) is 4.29. The fourth-order valence-corrected chi connectivity index (χ4v) is 2.77. The van der Waals surface area contributed by atoms with Crippen molar-refractivity contribution in [3.63, 3.8) is 0 Å². The molecule has 0 aromatic heterocycles. The fraction of sp³-hybridized carbons (Fsp3) is 0.375. The summed E-state index contributed by atoms with van der Waals surface area (Å²) in [6.45, 7) is 4.17. The van der Waals surface area contributed by atoms with Gasteiger partial charge in [-0.15, -0.1) is 3.63 Å². The predicted molar refractivity (Wildman–Crippen MR) is 60.0 cm³/mol. The van der Waals surface area contributed by atoms with Gasteiger partial charge in [-0.3, -0.25) is 0 Å². The molecule has 0 atom stereocenters. The van der Waals surface area contributed by atoms with Crippen LogP contribution in [0.25, 0.3) is 0 Å². The summed E-state index contributed by atoms with van der Waals surface area (Å²) in [7, 11) is -8.57. The number of hydrogen-bond acceptors (Lipinski definition) is 6. The lowest BCUT2D eigenvalue weighted by atomic mass is 10.2. The summed E-state index contributed by atoms with van der Waals surface area (Å²) >= 11 is 0. The quantitative estimate of drug-likeness (QED) is 0.665. The number of hydrogen-bond donors (Lipinski definition) is 1. The van der Waals surface area contributed by atoms with Gasteiger partial charge in [-0.25, -0.2) is 4.79 Å². The van der Waals surface area contributed by atoms with E-state index in [1.807, 2.05) is 0 Å². The van der Waals surface area contributed by atoms with Crippen LogP contribution in [0.3, 0.4) is 0 Å². The van der Waals surface area contributed by atoms with E-state index in [2.05, 4.69) is 10.2 Å². The highest BCUT2D eigenvalue weighted by atomic mass is 32.3. The molecule has 0 heterocycles. The normalized spacial score (nSPS) is 13.4. The minimum absolute atomic E-state index is 0.0354. The van der Waals surface area contributed by atoms with Crippen molar-refractivity contribution in [2.75, 3.05) is 5.75 Å². The molecule has 0 fully saturated rings. The monoisotopic (exact) mass is 284 g/mol. The van der Waals surface area contributed by atoms with Crippen molar-refractivity contribution in [3.8, 4) is 0 Å². The minimum Gasteiger partial charge on any atom is -0.478 e. The number of aliphatic carboxylic acids is 1. The third kappa shape index (κ3) is 6.87. The summed E-state index contributed by atoms with van der Waals surface area (Å²) in [5.74, 6) is -1.81. The first-order chi connectivity index (χ1) is 7.59. The predicted octanol–water partition coefficient (Wildman–Crippen LogP) is 0.227. The number of rotatable bonds is 7. The van der Waals surface area contributed by atoms with Crippen LogP contribution in [0.2, 0.25) is 0 Å². The van der Waals surface area contributed by atoms with E-state index in [9.17, 15) is 21.6 Å². The topological polar surface area (TPSA) is 115 Å². The molecule has 0 radical (unpaired) electrons. The summed E-state index contributed by atoms with van der Waals surface area (Å²) in [6.07, 6.45) is 0.997. The van der Waals surface area contributed by atoms with E-state index in [4.69, 9.17) is 5.11 Å². The maximum atomic E-state index is 11.1. The van der Waals surface area contributed by atoms with Crippen molar-refractivity contribution in [1.29, 1.82) is 0 Å². The first-order valence-corrected chi connectivity index (χ1v) is 7.36. The second-order valence-electron chi connectivity index (χ2n) is 2.97. The molecule has 0 rings (SSSR count). The van der Waals surface area contributed by atoms with Crippen molar-refractivity contribution >= 4 is 26.2 Å². The van der Waals surface area contributed by atoms with Crippen molar-refractivity contribution in [2.24, 2.45) is 0 Å². The second-order valence-corrected chi connectivity index (χ2v) is 6.36. The van der Waals surface area contributed by atoms with E-state index in [0.717, 1.165) is 6.08 Å². The van der Waals surface area contributed by atoms with E-state index in [0.29, 0.717) is 5.41 Å². The van der Waals surface area contributed by atoms with E-state index >= 15 is 0 Å². The Bertz CT molecular complexity index is 524. The highest BCUT2D eigenvalue weighted by molar-refractivity contribution is 8.01. The Morgan fingerprint density at radius 2 is 1.88 bits per heavy atom. The second kappa shape index (κ2) is 5.94. The van der Waals surface area contributed by atoms with Crippen LogP contribution in [-0.4, -0.2) is 33.7 Å². The van der Waals surface area contributed by atoms with Crippen LogP contribution in [0.15, 0.2) is 23.6 Å². The lowest BCUT2D eigenvalue weighted by Gasteiger charge is -2.01. The van der Waals surface area contributed by atoms with Crippen molar-refractivity contribution < 1.29 is 30.4 Å². The van der Waals surface area contributed by atoms with Gasteiger partial charge in [0.25, 0.3) is 10.1 Å². The lowest BCUT2D eigenvalue weighted by Crippen LogP contribution is -2.14. The third-order valence-electron chi connectivity index (χ3n) is 1.56. The average Bonchev–Trinajstić information content (AvgIpc) is 2.15. The summed E-state index contributed by atoms with van der Waals surface area (Å²) in [6, 6.07) is 0. The summed E-state index contributed by atoms with van der Waals surface area (Å²) in [5.41, 5.74) is -0.0354. The maximum Gasteiger partial charge on any atom is 0.330 e. The Balaban J connectivity index is 4.56. The van der Waals surface area contributed by atoms with Gasteiger partial charge in [-0.05, 0) is 13.3 Å². The summed E-state index contributed by atoms with van der Waals surface area (Å²) in [5, 5.41) is 8.84. The molecule has 0 aliphatic carbocycles.